The van der Waals surface area contributed by atoms with E-state index in [0.717, 1.165) is 11.1 Å². The second-order valence-corrected chi connectivity index (χ2v) is 5.98. The Hall–Kier alpha value is -3.29. The van der Waals surface area contributed by atoms with Crippen LogP contribution in [0, 0.1) is 0 Å². The van der Waals surface area contributed by atoms with Crippen LogP contribution in [0.15, 0.2) is 42.7 Å². The molecular weight excluding hydrogens is 350 g/mol. The van der Waals surface area contributed by atoms with E-state index >= 15 is 0 Å². The molecule has 0 saturated carbocycles. The van der Waals surface area contributed by atoms with E-state index in [1.807, 2.05) is 18.2 Å². The van der Waals surface area contributed by atoms with Gasteiger partial charge in [-0.2, -0.15) is 0 Å². The van der Waals surface area contributed by atoms with Gasteiger partial charge in [0, 0.05) is 18.9 Å². The first-order chi connectivity index (χ1) is 13.1. The van der Waals surface area contributed by atoms with E-state index in [9.17, 15) is 9.59 Å². The van der Waals surface area contributed by atoms with E-state index in [1.165, 1.54) is 4.90 Å². The zero-order chi connectivity index (χ0) is 19.2. The highest BCUT2D eigenvalue weighted by Crippen LogP contribution is 2.29. The third kappa shape index (κ3) is 4.28. The SMILES string of the molecule is COc1ccc(CN2C(=O)OC[C@H]2C(=O)NCc2ccncc2)cc1OC. The Labute approximate surface area is 157 Å². The average Bonchev–Trinajstić information content (AvgIpc) is 3.07. The second-order valence-electron chi connectivity index (χ2n) is 5.98. The van der Waals surface area contributed by atoms with Crippen LogP contribution in [-0.2, 0) is 22.6 Å². The molecular formula is C19H21N3O5. The lowest BCUT2D eigenvalue weighted by Crippen LogP contribution is -2.45. The highest BCUT2D eigenvalue weighted by molar-refractivity contribution is 5.87. The highest BCUT2D eigenvalue weighted by atomic mass is 16.6. The van der Waals surface area contributed by atoms with Gasteiger partial charge >= 0.3 is 6.09 Å². The molecule has 1 atom stereocenters. The molecule has 1 aliphatic heterocycles. The minimum Gasteiger partial charge on any atom is -0.493 e. The van der Waals surface area contributed by atoms with Crippen LogP contribution in [0.25, 0.3) is 0 Å². The number of hydrogen-bond donors (Lipinski definition) is 1. The molecule has 1 aliphatic rings. The number of amides is 2. The first-order valence-corrected chi connectivity index (χ1v) is 8.43. The van der Waals surface area contributed by atoms with Crippen molar-refractivity contribution < 1.29 is 23.8 Å². The molecule has 142 valence electrons. The fraction of sp³-hybridized carbons (Fsp3) is 0.316. The molecule has 2 amide bonds. The molecule has 0 radical (unpaired) electrons. The Bertz CT molecular complexity index is 812. The van der Waals surface area contributed by atoms with Crippen LogP contribution in [0.1, 0.15) is 11.1 Å². The summed E-state index contributed by atoms with van der Waals surface area (Å²) in [6, 6.07) is 8.30. The largest absolute Gasteiger partial charge is 0.493 e. The predicted octanol–water partition coefficient (Wildman–Crippen LogP) is 1.74. The molecule has 3 rings (SSSR count). The van der Waals surface area contributed by atoms with Crippen LogP contribution in [-0.4, -0.2) is 48.8 Å². The smallest absolute Gasteiger partial charge is 0.410 e. The number of pyridine rings is 1. The van der Waals surface area contributed by atoms with Gasteiger partial charge in [-0.15, -0.1) is 0 Å². The number of carbonyl (C=O) groups excluding carboxylic acids is 2. The molecule has 8 heteroatoms. The van der Waals surface area contributed by atoms with Crippen LogP contribution >= 0.6 is 0 Å². The van der Waals surface area contributed by atoms with E-state index in [-0.39, 0.29) is 19.1 Å². The Morgan fingerprint density at radius 2 is 1.93 bits per heavy atom. The van der Waals surface area contributed by atoms with Crippen molar-refractivity contribution >= 4 is 12.0 Å². The molecule has 1 fully saturated rings. The molecule has 0 unspecified atom stereocenters. The lowest BCUT2D eigenvalue weighted by atomic mass is 10.1. The summed E-state index contributed by atoms with van der Waals surface area (Å²) in [5.74, 6) is 0.885. The third-order valence-electron chi connectivity index (χ3n) is 4.30. The number of nitrogens with zero attached hydrogens (tertiary/aromatic N) is 2. The normalized spacial score (nSPS) is 16.0. The molecule has 1 aromatic heterocycles. The van der Waals surface area contributed by atoms with Crippen LogP contribution in [0.4, 0.5) is 4.79 Å². The maximum absolute atomic E-state index is 12.5. The van der Waals surface area contributed by atoms with Crippen molar-refractivity contribution in [3.63, 3.8) is 0 Å². The molecule has 0 aliphatic carbocycles. The predicted molar refractivity (Wildman–Crippen MR) is 96.3 cm³/mol. The van der Waals surface area contributed by atoms with Crippen LogP contribution in [0.2, 0.25) is 0 Å². The Balaban J connectivity index is 1.68. The summed E-state index contributed by atoms with van der Waals surface area (Å²) in [5, 5.41) is 2.83. The molecule has 1 N–H and O–H groups in total. The summed E-state index contributed by atoms with van der Waals surface area (Å²) in [6.07, 6.45) is 2.80. The lowest BCUT2D eigenvalue weighted by Gasteiger charge is -2.21. The van der Waals surface area contributed by atoms with Gasteiger partial charge in [0.25, 0.3) is 0 Å². The summed E-state index contributed by atoms with van der Waals surface area (Å²) >= 11 is 0. The summed E-state index contributed by atoms with van der Waals surface area (Å²) in [4.78, 5) is 30.0. The minimum atomic E-state index is -0.688. The molecule has 2 heterocycles. The number of rotatable bonds is 7. The zero-order valence-corrected chi connectivity index (χ0v) is 15.2. The number of benzene rings is 1. The van der Waals surface area contributed by atoms with E-state index < -0.39 is 12.1 Å². The fourth-order valence-electron chi connectivity index (χ4n) is 2.83. The van der Waals surface area contributed by atoms with Gasteiger partial charge in [-0.3, -0.25) is 14.7 Å². The van der Waals surface area contributed by atoms with Gasteiger partial charge in [0.1, 0.15) is 12.6 Å². The molecule has 1 saturated heterocycles. The maximum atomic E-state index is 12.5. The number of carbonyl (C=O) groups is 2. The summed E-state index contributed by atoms with van der Waals surface area (Å²) in [5.41, 5.74) is 1.73. The summed E-state index contributed by atoms with van der Waals surface area (Å²) in [6.45, 7) is 0.608. The van der Waals surface area contributed by atoms with Gasteiger partial charge in [-0.05, 0) is 35.4 Å². The van der Waals surface area contributed by atoms with Gasteiger partial charge in [0.05, 0.1) is 20.8 Å². The number of hydrogen-bond acceptors (Lipinski definition) is 6. The van der Waals surface area contributed by atoms with Crippen molar-refractivity contribution in [2.45, 2.75) is 19.1 Å². The van der Waals surface area contributed by atoms with Gasteiger partial charge in [-0.1, -0.05) is 6.07 Å². The quantitative estimate of drug-likeness (QED) is 0.797. The van der Waals surface area contributed by atoms with Gasteiger partial charge in [0.15, 0.2) is 11.5 Å². The standard InChI is InChI=1S/C19H21N3O5/c1-25-16-4-3-14(9-17(16)26-2)11-22-15(12-27-19(22)24)18(23)21-10-13-5-7-20-8-6-13/h3-9,15H,10-12H2,1-2H3,(H,21,23)/t15-/m0/s1. The lowest BCUT2D eigenvalue weighted by molar-refractivity contribution is -0.125. The molecule has 0 spiro atoms. The van der Waals surface area contributed by atoms with Gasteiger partial charge in [0.2, 0.25) is 5.91 Å². The molecule has 8 nitrogen and oxygen atoms in total. The fourth-order valence-corrected chi connectivity index (χ4v) is 2.83. The van der Waals surface area contributed by atoms with Crippen molar-refractivity contribution in [2.24, 2.45) is 0 Å². The molecule has 2 aromatic rings. The number of aromatic nitrogens is 1. The molecule has 27 heavy (non-hydrogen) atoms. The van der Waals surface area contributed by atoms with Crippen LogP contribution in [0.5, 0.6) is 11.5 Å². The van der Waals surface area contributed by atoms with E-state index in [0.29, 0.717) is 18.0 Å². The van der Waals surface area contributed by atoms with Crippen molar-refractivity contribution in [1.82, 2.24) is 15.2 Å². The minimum absolute atomic E-state index is 0.0221. The monoisotopic (exact) mass is 371 g/mol. The van der Waals surface area contributed by atoms with Crippen molar-refractivity contribution in [3.05, 3.63) is 53.9 Å². The zero-order valence-electron chi connectivity index (χ0n) is 15.2. The highest BCUT2D eigenvalue weighted by Gasteiger charge is 2.38. The van der Waals surface area contributed by atoms with Crippen LogP contribution < -0.4 is 14.8 Å². The first kappa shape index (κ1) is 18.5. The van der Waals surface area contributed by atoms with Crippen molar-refractivity contribution in [3.8, 4) is 11.5 Å². The second kappa shape index (κ2) is 8.39. The third-order valence-corrected chi connectivity index (χ3v) is 4.30. The van der Waals surface area contributed by atoms with E-state index in [4.69, 9.17) is 14.2 Å². The van der Waals surface area contributed by atoms with Crippen LogP contribution in [0.3, 0.4) is 0 Å². The van der Waals surface area contributed by atoms with Gasteiger partial charge < -0.3 is 19.5 Å². The van der Waals surface area contributed by atoms with E-state index in [1.54, 1.807) is 38.7 Å². The summed E-state index contributed by atoms with van der Waals surface area (Å²) < 4.78 is 15.6. The topological polar surface area (TPSA) is 90.0 Å². The Kier molecular flexibility index (Phi) is 5.75. The molecule has 0 bridgehead atoms. The Morgan fingerprint density at radius 1 is 1.19 bits per heavy atom. The first-order valence-electron chi connectivity index (χ1n) is 8.43. The van der Waals surface area contributed by atoms with Crippen molar-refractivity contribution in [2.75, 3.05) is 20.8 Å². The number of ether oxygens (including phenoxy) is 3. The number of cyclic esters (lactones) is 1. The average molecular weight is 371 g/mol. The summed E-state index contributed by atoms with van der Waals surface area (Å²) in [7, 11) is 3.10. The maximum Gasteiger partial charge on any atom is 0.410 e. The van der Waals surface area contributed by atoms with Gasteiger partial charge in [-0.25, -0.2) is 4.79 Å². The molecule has 1 aromatic carbocycles. The van der Waals surface area contributed by atoms with Crippen molar-refractivity contribution in [1.29, 1.82) is 0 Å². The number of methoxy groups -OCH3 is 2. The Morgan fingerprint density at radius 3 is 2.63 bits per heavy atom. The van der Waals surface area contributed by atoms with E-state index in [2.05, 4.69) is 10.3 Å². The number of nitrogens with one attached hydrogen (secondary N) is 1.